The van der Waals surface area contributed by atoms with Gasteiger partial charge in [-0.1, -0.05) is 0 Å². The van der Waals surface area contributed by atoms with Crippen molar-refractivity contribution in [1.29, 1.82) is 0 Å². The number of nitrogens with one attached hydrogen (secondary N) is 1. The molecule has 1 aliphatic carbocycles. The van der Waals surface area contributed by atoms with Crippen molar-refractivity contribution < 1.29 is 4.74 Å². The molecule has 4 unspecified atom stereocenters. The first kappa shape index (κ1) is 13.3. The van der Waals surface area contributed by atoms with E-state index in [4.69, 9.17) is 4.74 Å². The van der Waals surface area contributed by atoms with Gasteiger partial charge in [0.15, 0.2) is 0 Å². The third-order valence-corrected chi connectivity index (χ3v) is 4.64. The molecule has 0 spiro atoms. The number of nitrogens with zero attached hydrogens (tertiary/aromatic N) is 1. The highest BCUT2D eigenvalue weighted by Crippen LogP contribution is 2.23. The Bertz CT molecular complexity index is 230. The fourth-order valence-electron chi connectivity index (χ4n) is 3.28. The Morgan fingerprint density at radius 3 is 2.59 bits per heavy atom. The van der Waals surface area contributed by atoms with Gasteiger partial charge in [0.05, 0.1) is 6.10 Å². The molecule has 2 fully saturated rings. The highest BCUT2D eigenvalue weighted by atomic mass is 16.5. The number of hydrogen-bond donors (Lipinski definition) is 1. The summed E-state index contributed by atoms with van der Waals surface area (Å²) in [5, 5.41) is 3.87. The number of methoxy groups -OCH3 is 1. The van der Waals surface area contributed by atoms with Gasteiger partial charge in [-0.05, 0) is 59.0 Å². The van der Waals surface area contributed by atoms with E-state index in [9.17, 15) is 0 Å². The minimum Gasteiger partial charge on any atom is -0.381 e. The van der Waals surface area contributed by atoms with Crippen LogP contribution >= 0.6 is 0 Å². The van der Waals surface area contributed by atoms with Crippen LogP contribution in [0.15, 0.2) is 0 Å². The molecule has 100 valence electrons. The molecule has 1 saturated heterocycles. The molecule has 0 amide bonds. The summed E-state index contributed by atoms with van der Waals surface area (Å²) >= 11 is 0. The maximum atomic E-state index is 5.50. The summed E-state index contributed by atoms with van der Waals surface area (Å²) in [6.07, 6.45) is 8.19. The summed E-state index contributed by atoms with van der Waals surface area (Å²) in [7, 11) is 4.09. The topological polar surface area (TPSA) is 24.5 Å². The average Bonchev–Trinajstić information content (AvgIpc) is 2.34. The summed E-state index contributed by atoms with van der Waals surface area (Å²) in [5.74, 6) is 0. The van der Waals surface area contributed by atoms with Gasteiger partial charge in [0.2, 0.25) is 0 Å². The van der Waals surface area contributed by atoms with E-state index in [1.165, 1.54) is 45.1 Å². The van der Waals surface area contributed by atoms with Crippen LogP contribution in [-0.4, -0.2) is 49.8 Å². The van der Waals surface area contributed by atoms with E-state index < -0.39 is 0 Å². The van der Waals surface area contributed by atoms with E-state index in [-0.39, 0.29) is 0 Å². The second-order valence-corrected chi connectivity index (χ2v) is 5.94. The van der Waals surface area contributed by atoms with Gasteiger partial charge in [-0.2, -0.15) is 0 Å². The van der Waals surface area contributed by atoms with Crippen molar-refractivity contribution in [3.05, 3.63) is 0 Å². The predicted molar refractivity (Wildman–Crippen MR) is 71.3 cm³/mol. The average molecular weight is 240 g/mol. The largest absolute Gasteiger partial charge is 0.381 e. The Morgan fingerprint density at radius 1 is 1.12 bits per heavy atom. The molecular formula is C14H28N2O. The molecule has 17 heavy (non-hydrogen) atoms. The zero-order chi connectivity index (χ0) is 12.3. The van der Waals surface area contributed by atoms with Crippen molar-refractivity contribution in [1.82, 2.24) is 10.2 Å². The van der Waals surface area contributed by atoms with Gasteiger partial charge in [0.1, 0.15) is 0 Å². The molecule has 0 aromatic carbocycles. The van der Waals surface area contributed by atoms with E-state index in [1.54, 1.807) is 0 Å². The number of likely N-dealkylation sites (tertiary alicyclic amines) is 1. The second kappa shape index (κ2) is 6.17. The summed E-state index contributed by atoms with van der Waals surface area (Å²) in [6.45, 7) is 3.58. The number of rotatable bonds is 3. The Labute approximate surface area is 106 Å². The van der Waals surface area contributed by atoms with Crippen LogP contribution in [0.4, 0.5) is 0 Å². The molecule has 3 nitrogen and oxygen atoms in total. The maximum absolute atomic E-state index is 5.50. The molecule has 0 aromatic rings. The molecule has 0 aromatic heterocycles. The first-order chi connectivity index (χ1) is 8.19. The zero-order valence-electron chi connectivity index (χ0n) is 11.6. The molecular weight excluding hydrogens is 212 g/mol. The molecule has 1 saturated carbocycles. The van der Waals surface area contributed by atoms with E-state index in [1.807, 2.05) is 7.11 Å². The molecule has 1 N–H and O–H groups in total. The summed E-state index contributed by atoms with van der Waals surface area (Å²) < 4.78 is 5.50. The highest BCUT2D eigenvalue weighted by molar-refractivity contribution is 4.86. The molecule has 0 bridgehead atoms. The minimum atomic E-state index is 0.491. The van der Waals surface area contributed by atoms with E-state index in [2.05, 4.69) is 24.2 Å². The maximum Gasteiger partial charge on any atom is 0.0586 e. The lowest BCUT2D eigenvalue weighted by Gasteiger charge is -2.39. The van der Waals surface area contributed by atoms with Crippen LogP contribution in [-0.2, 0) is 4.74 Å². The summed E-state index contributed by atoms with van der Waals surface area (Å²) in [6, 6.07) is 2.14. The standard InChI is InChI=1S/C14H28N2O/c1-11-9-13(7-8-16(11)2)15-12-5-4-6-14(10-12)17-3/h11-15H,4-10H2,1-3H3. The molecule has 1 aliphatic heterocycles. The van der Waals surface area contributed by atoms with E-state index in [0.29, 0.717) is 12.1 Å². The van der Waals surface area contributed by atoms with E-state index in [0.717, 1.165) is 12.1 Å². The fraction of sp³-hybridized carbons (Fsp3) is 1.00. The van der Waals surface area contributed by atoms with Gasteiger partial charge in [0.25, 0.3) is 0 Å². The highest BCUT2D eigenvalue weighted by Gasteiger charge is 2.27. The second-order valence-electron chi connectivity index (χ2n) is 5.94. The first-order valence-electron chi connectivity index (χ1n) is 7.18. The van der Waals surface area contributed by atoms with Gasteiger partial charge in [-0.3, -0.25) is 0 Å². The minimum absolute atomic E-state index is 0.491. The quantitative estimate of drug-likeness (QED) is 0.817. The molecule has 1 heterocycles. The van der Waals surface area contributed by atoms with Crippen LogP contribution in [0.25, 0.3) is 0 Å². The number of hydrogen-bond acceptors (Lipinski definition) is 3. The van der Waals surface area contributed by atoms with Crippen molar-refractivity contribution in [2.75, 3.05) is 20.7 Å². The van der Waals surface area contributed by atoms with Crippen molar-refractivity contribution in [2.45, 2.75) is 69.7 Å². The van der Waals surface area contributed by atoms with Crippen molar-refractivity contribution in [3.8, 4) is 0 Å². The van der Waals surface area contributed by atoms with Gasteiger partial charge in [-0.25, -0.2) is 0 Å². The Morgan fingerprint density at radius 2 is 1.88 bits per heavy atom. The lowest BCUT2D eigenvalue weighted by Crippen LogP contribution is -2.50. The molecule has 3 heteroatoms. The predicted octanol–water partition coefficient (Wildman–Crippen LogP) is 2.02. The van der Waals surface area contributed by atoms with Gasteiger partial charge in [0, 0.05) is 25.2 Å². The third kappa shape index (κ3) is 3.67. The van der Waals surface area contributed by atoms with Crippen LogP contribution in [0, 0.1) is 0 Å². The zero-order valence-corrected chi connectivity index (χ0v) is 11.6. The Kier molecular flexibility index (Phi) is 4.83. The van der Waals surface area contributed by atoms with Gasteiger partial charge in [-0.15, -0.1) is 0 Å². The fourth-order valence-corrected chi connectivity index (χ4v) is 3.28. The van der Waals surface area contributed by atoms with E-state index >= 15 is 0 Å². The Hall–Kier alpha value is -0.120. The number of ether oxygens (including phenoxy) is 1. The van der Waals surface area contributed by atoms with Crippen LogP contribution < -0.4 is 5.32 Å². The van der Waals surface area contributed by atoms with Gasteiger partial charge >= 0.3 is 0 Å². The van der Waals surface area contributed by atoms with Crippen LogP contribution in [0.5, 0.6) is 0 Å². The third-order valence-electron chi connectivity index (χ3n) is 4.64. The molecule has 4 atom stereocenters. The Balaban J connectivity index is 1.76. The van der Waals surface area contributed by atoms with Crippen molar-refractivity contribution >= 4 is 0 Å². The van der Waals surface area contributed by atoms with Gasteiger partial charge < -0.3 is 15.0 Å². The number of piperidine rings is 1. The molecule has 2 aliphatic rings. The first-order valence-corrected chi connectivity index (χ1v) is 7.18. The summed E-state index contributed by atoms with van der Waals surface area (Å²) in [4.78, 5) is 2.47. The summed E-state index contributed by atoms with van der Waals surface area (Å²) in [5.41, 5.74) is 0. The van der Waals surface area contributed by atoms with Crippen molar-refractivity contribution in [3.63, 3.8) is 0 Å². The smallest absolute Gasteiger partial charge is 0.0586 e. The monoisotopic (exact) mass is 240 g/mol. The van der Waals surface area contributed by atoms with Crippen LogP contribution in [0.1, 0.15) is 45.4 Å². The van der Waals surface area contributed by atoms with Crippen LogP contribution in [0.3, 0.4) is 0 Å². The van der Waals surface area contributed by atoms with Crippen LogP contribution in [0.2, 0.25) is 0 Å². The molecule has 2 rings (SSSR count). The lowest BCUT2D eigenvalue weighted by atomic mass is 9.90. The molecule has 0 radical (unpaired) electrons. The lowest BCUT2D eigenvalue weighted by molar-refractivity contribution is 0.0533. The van der Waals surface area contributed by atoms with Crippen molar-refractivity contribution in [2.24, 2.45) is 0 Å². The SMILES string of the molecule is COC1CCCC(NC2CCN(C)C(C)C2)C1. The normalized spacial score (nSPS) is 40.4.